The van der Waals surface area contributed by atoms with E-state index in [-0.39, 0.29) is 0 Å². The second-order valence-corrected chi connectivity index (χ2v) is 4.52. The van der Waals surface area contributed by atoms with Crippen LogP contribution in [0.25, 0.3) is 0 Å². The van der Waals surface area contributed by atoms with Gasteiger partial charge in [-0.05, 0) is 12.5 Å². The van der Waals surface area contributed by atoms with Crippen LogP contribution in [0.15, 0.2) is 36.5 Å². The molecule has 0 aliphatic rings. The van der Waals surface area contributed by atoms with Gasteiger partial charge in [0, 0.05) is 20.1 Å². The summed E-state index contributed by atoms with van der Waals surface area (Å²) in [6.07, 6.45) is 1.63. The highest BCUT2D eigenvalue weighted by atomic mass is 35.5. The molecule has 0 radical (unpaired) electrons. The maximum absolute atomic E-state index is 6.20. The third-order valence-electron chi connectivity index (χ3n) is 2.85. The van der Waals surface area contributed by atoms with Gasteiger partial charge in [-0.1, -0.05) is 41.9 Å². The van der Waals surface area contributed by atoms with Crippen LogP contribution < -0.4 is 10.2 Å². The van der Waals surface area contributed by atoms with Gasteiger partial charge in [0.25, 0.3) is 0 Å². The van der Waals surface area contributed by atoms with Gasteiger partial charge in [-0.2, -0.15) is 4.98 Å². The van der Waals surface area contributed by atoms with Crippen molar-refractivity contribution in [2.75, 3.05) is 23.8 Å². The average Bonchev–Trinajstić information content (AvgIpc) is 2.47. The summed E-state index contributed by atoms with van der Waals surface area (Å²) < 4.78 is 0. The minimum atomic E-state index is 0.566. The molecule has 2 rings (SSSR count). The van der Waals surface area contributed by atoms with E-state index in [1.54, 1.807) is 13.2 Å². The molecule has 0 atom stereocenters. The smallest absolute Gasteiger partial charge is 0.224 e. The summed E-state index contributed by atoms with van der Waals surface area (Å²) in [5.74, 6) is 1.33. The fourth-order valence-electron chi connectivity index (χ4n) is 1.84. The first-order chi connectivity index (χ1) is 9.24. The van der Waals surface area contributed by atoms with Crippen LogP contribution in [0.5, 0.6) is 0 Å². The quantitative estimate of drug-likeness (QED) is 0.911. The average molecular weight is 277 g/mol. The molecule has 1 aromatic heterocycles. The van der Waals surface area contributed by atoms with E-state index in [1.807, 2.05) is 18.2 Å². The van der Waals surface area contributed by atoms with E-state index in [0.717, 1.165) is 18.9 Å². The molecule has 0 amide bonds. The summed E-state index contributed by atoms with van der Waals surface area (Å²) in [6, 6.07) is 10.3. The Morgan fingerprint density at radius 3 is 2.63 bits per heavy atom. The van der Waals surface area contributed by atoms with E-state index in [9.17, 15) is 0 Å². The Labute approximate surface area is 118 Å². The lowest BCUT2D eigenvalue weighted by atomic mass is 10.2. The summed E-state index contributed by atoms with van der Waals surface area (Å²) in [7, 11) is 1.79. The van der Waals surface area contributed by atoms with Crippen molar-refractivity contribution in [3.8, 4) is 0 Å². The molecule has 19 heavy (non-hydrogen) atoms. The lowest BCUT2D eigenvalue weighted by Gasteiger charge is -2.23. The van der Waals surface area contributed by atoms with Crippen molar-refractivity contribution in [1.29, 1.82) is 0 Å². The molecule has 0 aliphatic carbocycles. The Hall–Kier alpha value is -1.81. The molecule has 1 aromatic carbocycles. The molecule has 0 saturated heterocycles. The summed E-state index contributed by atoms with van der Waals surface area (Å²) in [4.78, 5) is 10.7. The van der Waals surface area contributed by atoms with E-state index in [0.29, 0.717) is 11.0 Å². The van der Waals surface area contributed by atoms with Gasteiger partial charge in [-0.25, -0.2) is 4.98 Å². The number of nitrogens with one attached hydrogen (secondary N) is 1. The highest BCUT2D eigenvalue weighted by Crippen LogP contribution is 2.24. The van der Waals surface area contributed by atoms with Crippen molar-refractivity contribution in [1.82, 2.24) is 9.97 Å². The van der Waals surface area contributed by atoms with Crippen LogP contribution in [0.3, 0.4) is 0 Å². The zero-order valence-corrected chi connectivity index (χ0v) is 11.9. The minimum Gasteiger partial charge on any atom is -0.357 e. The van der Waals surface area contributed by atoms with Crippen molar-refractivity contribution in [3.05, 3.63) is 47.1 Å². The minimum absolute atomic E-state index is 0.566. The second kappa shape index (κ2) is 6.38. The van der Waals surface area contributed by atoms with Gasteiger partial charge < -0.3 is 10.2 Å². The maximum atomic E-state index is 6.20. The third kappa shape index (κ3) is 3.35. The lowest BCUT2D eigenvalue weighted by molar-refractivity contribution is 0.811. The monoisotopic (exact) mass is 276 g/mol. The molecule has 0 bridgehead atoms. The van der Waals surface area contributed by atoms with Gasteiger partial charge in [0.05, 0.1) is 6.20 Å². The lowest BCUT2D eigenvalue weighted by Crippen LogP contribution is -2.24. The van der Waals surface area contributed by atoms with Crippen LogP contribution in [0.1, 0.15) is 12.5 Å². The zero-order valence-electron chi connectivity index (χ0n) is 11.1. The molecule has 100 valence electrons. The van der Waals surface area contributed by atoms with Crippen LogP contribution in [0.4, 0.5) is 11.8 Å². The van der Waals surface area contributed by atoms with Crippen molar-refractivity contribution >= 4 is 23.4 Å². The second-order valence-electron chi connectivity index (χ2n) is 4.11. The Kier molecular flexibility index (Phi) is 4.58. The fourth-order valence-corrected chi connectivity index (χ4v) is 2.05. The van der Waals surface area contributed by atoms with Gasteiger partial charge in [0.2, 0.25) is 5.95 Å². The molecule has 1 N–H and O–H groups in total. The van der Waals surface area contributed by atoms with Crippen LogP contribution in [-0.4, -0.2) is 23.6 Å². The number of rotatable bonds is 5. The highest BCUT2D eigenvalue weighted by Gasteiger charge is 2.12. The number of halogens is 1. The largest absolute Gasteiger partial charge is 0.357 e. The Morgan fingerprint density at radius 2 is 2.00 bits per heavy atom. The maximum Gasteiger partial charge on any atom is 0.224 e. The van der Waals surface area contributed by atoms with E-state index < -0.39 is 0 Å². The van der Waals surface area contributed by atoms with Crippen molar-refractivity contribution < 1.29 is 0 Å². The van der Waals surface area contributed by atoms with E-state index in [4.69, 9.17) is 11.6 Å². The topological polar surface area (TPSA) is 41.1 Å². The predicted molar refractivity (Wildman–Crippen MR) is 79.8 cm³/mol. The molecule has 0 saturated carbocycles. The number of nitrogens with zero attached hydrogens (tertiary/aromatic N) is 3. The Balaban J connectivity index is 2.26. The van der Waals surface area contributed by atoms with E-state index in [1.165, 1.54) is 5.56 Å². The first-order valence-corrected chi connectivity index (χ1v) is 6.61. The number of hydrogen-bond acceptors (Lipinski definition) is 4. The van der Waals surface area contributed by atoms with E-state index in [2.05, 4.69) is 39.2 Å². The van der Waals surface area contributed by atoms with Gasteiger partial charge in [0.15, 0.2) is 5.82 Å². The van der Waals surface area contributed by atoms with Crippen LogP contribution in [-0.2, 0) is 6.54 Å². The first-order valence-electron chi connectivity index (χ1n) is 6.23. The van der Waals surface area contributed by atoms with Gasteiger partial charge in [-0.15, -0.1) is 0 Å². The van der Waals surface area contributed by atoms with Crippen LogP contribution in [0, 0.1) is 0 Å². The highest BCUT2D eigenvalue weighted by molar-refractivity contribution is 6.32. The zero-order chi connectivity index (χ0) is 13.7. The van der Waals surface area contributed by atoms with Crippen molar-refractivity contribution in [2.45, 2.75) is 13.5 Å². The number of aromatic nitrogens is 2. The fraction of sp³-hybridized carbons (Fsp3) is 0.286. The number of benzene rings is 1. The van der Waals surface area contributed by atoms with Crippen molar-refractivity contribution in [2.24, 2.45) is 0 Å². The SMILES string of the molecule is CCN(Cc1ccccc1)c1nc(NC)ncc1Cl. The molecule has 0 aliphatic heterocycles. The summed E-state index contributed by atoms with van der Waals surface area (Å²) in [5.41, 5.74) is 1.23. The predicted octanol–water partition coefficient (Wildman–Crippen LogP) is 3.20. The molecule has 1 heterocycles. The summed E-state index contributed by atoms with van der Waals surface area (Å²) in [5, 5.41) is 3.50. The van der Waals surface area contributed by atoms with Gasteiger partial charge in [-0.3, -0.25) is 0 Å². The molecule has 0 unspecified atom stereocenters. The van der Waals surface area contributed by atoms with Gasteiger partial charge >= 0.3 is 0 Å². The Morgan fingerprint density at radius 1 is 1.26 bits per heavy atom. The van der Waals surface area contributed by atoms with Gasteiger partial charge in [0.1, 0.15) is 5.02 Å². The molecule has 4 nitrogen and oxygen atoms in total. The van der Waals surface area contributed by atoms with Crippen LogP contribution in [0.2, 0.25) is 5.02 Å². The summed E-state index contributed by atoms with van der Waals surface area (Å²) >= 11 is 6.20. The first kappa shape index (κ1) is 13.6. The molecule has 5 heteroatoms. The third-order valence-corrected chi connectivity index (χ3v) is 3.11. The standard InChI is InChI=1S/C14H17ClN4/c1-3-19(10-11-7-5-4-6-8-11)13-12(15)9-17-14(16-2)18-13/h4-9H,3,10H2,1-2H3,(H,16,17,18). The van der Waals surface area contributed by atoms with Crippen molar-refractivity contribution in [3.63, 3.8) is 0 Å². The molecular weight excluding hydrogens is 260 g/mol. The molecular formula is C14H17ClN4. The van der Waals surface area contributed by atoms with E-state index >= 15 is 0 Å². The number of hydrogen-bond donors (Lipinski definition) is 1. The normalized spacial score (nSPS) is 10.3. The number of anilines is 2. The van der Waals surface area contributed by atoms with Crippen LogP contribution >= 0.6 is 11.6 Å². The summed E-state index contributed by atoms with van der Waals surface area (Å²) in [6.45, 7) is 3.69. The molecule has 0 spiro atoms. The Bertz CT molecular complexity index is 530. The molecule has 2 aromatic rings. The molecule has 0 fully saturated rings.